The normalized spacial score (nSPS) is 11.5. The van der Waals surface area contributed by atoms with Crippen molar-refractivity contribution < 1.29 is 8.42 Å². The van der Waals surface area contributed by atoms with E-state index < -0.39 is 10.0 Å². The fourth-order valence-electron chi connectivity index (χ4n) is 1.53. The van der Waals surface area contributed by atoms with E-state index in [4.69, 9.17) is 23.2 Å². The van der Waals surface area contributed by atoms with Crippen LogP contribution in [0.1, 0.15) is 19.8 Å². The van der Waals surface area contributed by atoms with Crippen LogP contribution >= 0.6 is 23.2 Å². The maximum Gasteiger partial charge on any atom is 0.232 e. The van der Waals surface area contributed by atoms with Crippen LogP contribution in [0.5, 0.6) is 0 Å². The molecule has 1 rings (SSSR count). The van der Waals surface area contributed by atoms with Gasteiger partial charge in [0.05, 0.1) is 11.4 Å². The zero-order chi connectivity index (χ0) is 14.3. The van der Waals surface area contributed by atoms with Gasteiger partial charge in [0, 0.05) is 10.0 Å². The zero-order valence-corrected chi connectivity index (χ0v) is 13.1. The summed E-state index contributed by atoms with van der Waals surface area (Å²) >= 11 is 11.6. The highest BCUT2D eigenvalue weighted by atomic mass is 35.5. The van der Waals surface area contributed by atoms with Crippen LogP contribution in [0.25, 0.3) is 0 Å². The maximum atomic E-state index is 11.8. The monoisotopic (exact) mass is 324 g/mol. The van der Waals surface area contributed by atoms with Gasteiger partial charge in [-0.3, -0.25) is 4.72 Å². The highest BCUT2D eigenvalue weighted by Crippen LogP contribution is 2.23. The van der Waals surface area contributed by atoms with E-state index in [-0.39, 0.29) is 5.75 Å². The first-order valence-corrected chi connectivity index (χ1v) is 8.51. The van der Waals surface area contributed by atoms with E-state index >= 15 is 0 Å². The molecule has 0 aliphatic carbocycles. The summed E-state index contributed by atoms with van der Waals surface area (Å²) in [5.74, 6) is 0.0633. The molecule has 19 heavy (non-hydrogen) atoms. The Balaban J connectivity index is 2.49. The summed E-state index contributed by atoms with van der Waals surface area (Å²) < 4.78 is 26.1. The molecule has 0 aliphatic heterocycles. The van der Waals surface area contributed by atoms with Crippen molar-refractivity contribution in [1.29, 1.82) is 0 Å². The second-order valence-corrected chi connectivity index (χ2v) is 6.90. The van der Waals surface area contributed by atoms with Gasteiger partial charge in [0.1, 0.15) is 0 Å². The van der Waals surface area contributed by atoms with Crippen LogP contribution in [-0.4, -0.2) is 27.3 Å². The van der Waals surface area contributed by atoms with E-state index in [0.29, 0.717) is 28.7 Å². The predicted molar refractivity (Wildman–Crippen MR) is 81.6 cm³/mol. The number of benzene rings is 1. The maximum absolute atomic E-state index is 11.8. The average Bonchev–Trinajstić information content (AvgIpc) is 2.26. The summed E-state index contributed by atoms with van der Waals surface area (Å²) in [6.45, 7) is 3.65. The van der Waals surface area contributed by atoms with Crippen LogP contribution in [0.15, 0.2) is 18.2 Å². The van der Waals surface area contributed by atoms with E-state index in [9.17, 15) is 8.42 Å². The lowest BCUT2D eigenvalue weighted by Gasteiger charge is -2.09. The molecule has 2 N–H and O–H groups in total. The summed E-state index contributed by atoms with van der Waals surface area (Å²) in [5.41, 5.74) is 0.388. The standard InChI is InChI=1S/C12H18Cl2N2O2S/c1-2-4-15-5-3-6-19(17,18)16-12-8-10(13)7-11(14)9-12/h7-9,15-16H,2-6H2,1H3. The molecule has 0 saturated carbocycles. The topological polar surface area (TPSA) is 58.2 Å². The summed E-state index contributed by atoms with van der Waals surface area (Å²) in [6, 6.07) is 4.61. The zero-order valence-electron chi connectivity index (χ0n) is 10.7. The van der Waals surface area contributed by atoms with Gasteiger partial charge in [0.2, 0.25) is 10.0 Å². The third-order valence-electron chi connectivity index (χ3n) is 2.33. The first kappa shape index (κ1) is 16.6. The van der Waals surface area contributed by atoms with Gasteiger partial charge in [-0.15, -0.1) is 0 Å². The Morgan fingerprint density at radius 2 is 1.74 bits per heavy atom. The van der Waals surface area contributed by atoms with E-state index in [1.807, 2.05) is 0 Å². The number of nitrogens with one attached hydrogen (secondary N) is 2. The van der Waals surface area contributed by atoms with Crippen LogP contribution < -0.4 is 10.0 Å². The van der Waals surface area contributed by atoms with Gasteiger partial charge in [-0.2, -0.15) is 0 Å². The predicted octanol–water partition coefficient (Wildman–Crippen LogP) is 3.12. The van der Waals surface area contributed by atoms with Crippen molar-refractivity contribution in [3.05, 3.63) is 28.2 Å². The van der Waals surface area contributed by atoms with Crippen molar-refractivity contribution >= 4 is 38.9 Å². The third-order valence-corrected chi connectivity index (χ3v) is 4.14. The molecule has 1 aromatic rings. The Kier molecular flexibility index (Phi) is 6.93. The van der Waals surface area contributed by atoms with Crippen molar-refractivity contribution in [3.63, 3.8) is 0 Å². The van der Waals surface area contributed by atoms with Crippen molar-refractivity contribution in [2.75, 3.05) is 23.6 Å². The molecule has 0 aromatic heterocycles. The quantitative estimate of drug-likeness (QED) is 0.722. The molecule has 108 valence electrons. The number of anilines is 1. The Morgan fingerprint density at radius 3 is 2.32 bits per heavy atom. The lowest BCUT2D eigenvalue weighted by Crippen LogP contribution is -2.22. The van der Waals surface area contributed by atoms with Crippen LogP contribution in [0.2, 0.25) is 10.0 Å². The lowest BCUT2D eigenvalue weighted by atomic mass is 10.3. The lowest BCUT2D eigenvalue weighted by molar-refractivity contribution is 0.593. The molecule has 4 nitrogen and oxygen atoms in total. The van der Waals surface area contributed by atoms with Gasteiger partial charge in [-0.05, 0) is 44.1 Å². The second kappa shape index (κ2) is 7.94. The minimum absolute atomic E-state index is 0.0633. The molecule has 0 aliphatic rings. The molecule has 0 spiro atoms. The van der Waals surface area contributed by atoms with Gasteiger partial charge in [0.25, 0.3) is 0 Å². The highest BCUT2D eigenvalue weighted by molar-refractivity contribution is 7.92. The van der Waals surface area contributed by atoms with Gasteiger partial charge >= 0.3 is 0 Å². The van der Waals surface area contributed by atoms with Gasteiger partial charge in [0.15, 0.2) is 0 Å². The fraction of sp³-hybridized carbons (Fsp3) is 0.500. The third kappa shape index (κ3) is 7.01. The molecule has 0 fully saturated rings. The molecule has 0 atom stereocenters. The molecular formula is C12H18Cl2N2O2S. The Hall–Kier alpha value is -0.490. The van der Waals surface area contributed by atoms with Crippen LogP contribution in [-0.2, 0) is 10.0 Å². The number of rotatable bonds is 8. The highest BCUT2D eigenvalue weighted by Gasteiger charge is 2.10. The smallest absolute Gasteiger partial charge is 0.232 e. The van der Waals surface area contributed by atoms with E-state index in [1.165, 1.54) is 12.1 Å². The van der Waals surface area contributed by atoms with E-state index in [1.54, 1.807) is 6.07 Å². The largest absolute Gasteiger partial charge is 0.317 e. The Morgan fingerprint density at radius 1 is 1.11 bits per heavy atom. The first-order valence-electron chi connectivity index (χ1n) is 6.10. The van der Waals surface area contributed by atoms with Crippen molar-refractivity contribution in [3.8, 4) is 0 Å². The molecule has 0 saturated heterocycles. The van der Waals surface area contributed by atoms with Crippen molar-refractivity contribution in [2.24, 2.45) is 0 Å². The van der Waals surface area contributed by atoms with Crippen molar-refractivity contribution in [1.82, 2.24) is 5.32 Å². The number of hydrogen-bond acceptors (Lipinski definition) is 3. The summed E-state index contributed by atoms with van der Waals surface area (Å²) in [5, 5.41) is 3.95. The molecule has 7 heteroatoms. The SMILES string of the molecule is CCCNCCCS(=O)(=O)Nc1cc(Cl)cc(Cl)c1. The summed E-state index contributed by atoms with van der Waals surface area (Å²) in [4.78, 5) is 0. The summed E-state index contributed by atoms with van der Waals surface area (Å²) in [7, 11) is -3.36. The summed E-state index contributed by atoms with van der Waals surface area (Å²) in [6.07, 6.45) is 1.59. The first-order chi connectivity index (χ1) is 8.93. The minimum atomic E-state index is -3.36. The average molecular weight is 325 g/mol. The van der Waals surface area contributed by atoms with Gasteiger partial charge in [-0.1, -0.05) is 30.1 Å². The number of halogens is 2. The van der Waals surface area contributed by atoms with Crippen LogP contribution in [0, 0.1) is 0 Å². The second-order valence-electron chi connectivity index (χ2n) is 4.18. The minimum Gasteiger partial charge on any atom is -0.317 e. The molecule has 0 unspecified atom stereocenters. The van der Waals surface area contributed by atoms with E-state index in [2.05, 4.69) is 17.0 Å². The molecule has 0 amide bonds. The van der Waals surface area contributed by atoms with E-state index in [0.717, 1.165) is 13.0 Å². The van der Waals surface area contributed by atoms with Crippen molar-refractivity contribution in [2.45, 2.75) is 19.8 Å². The van der Waals surface area contributed by atoms with Crippen LogP contribution in [0.3, 0.4) is 0 Å². The van der Waals surface area contributed by atoms with Crippen LogP contribution in [0.4, 0.5) is 5.69 Å². The Bertz CT molecular complexity index is 486. The number of sulfonamides is 1. The molecule has 0 radical (unpaired) electrons. The molecular weight excluding hydrogens is 307 g/mol. The fourth-order valence-corrected chi connectivity index (χ4v) is 3.16. The molecule has 0 heterocycles. The van der Waals surface area contributed by atoms with Gasteiger partial charge < -0.3 is 5.32 Å². The number of hydrogen-bond donors (Lipinski definition) is 2. The Labute approximate surface area is 124 Å². The van der Waals surface area contributed by atoms with Gasteiger partial charge in [-0.25, -0.2) is 8.42 Å². The molecule has 1 aromatic carbocycles. The molecule has 0 bridgehead atoms.